The highest BCUT2D eigenvalue weighted by Crippen LogP contribution is 1.94. The van der Waals surface area contributed by atoms with Crippen molar-refractivity contribution in [1.82, 2.24) is 15.0 Å². The first-order valence-electron chi connectivity index (χ1n) is 6.22. The number of aromatic nitrogens is 3. The summed E-state index contributed by atoms with van der Waals surface area (Å²) in [5.74, 6) is 0.829. The number of aryl methyl sites for hydroxylation is 4. The van der Waals surface area contributed by atoms with Gasteiger partial charge in [-0.3, -0.25) is 4.98 Å². The van der Waals surface area contributed by atoms with Gasteiger partial charge in [-0.15, -0.1) is 0 Å². The second-order valence-corrected chi connectivity index (χ2v) is 3.78. The molecule has 0 amide bonds. The minimum absolute atomic E-state index is 0.829. The van der Waals surface area contributed by atoms with Gasteiger partial charge in [-0.05, 0) is 44.9 Å². The maximum atomic E-state index is 4.08. The summed E-state index contributed by atoms with van der Waals surface area (Å²) in [6.07, 6.45) is 5.49. The minimum atomic E-state index is 0.829. The third-order valence-electron chi connectivity index (χ3n) is 1.97. The van der Waals surface area contributed by atoms with Crippen molar-refractivity contribution in [3.8, 4) is 0 Å². The van der Waals surface area contributed by atoms with E-state index < -0.39 is 0 Å². The Morgan fingerprint density at radius 1 is 0.667 bits per heavy atom. The third kappa shape index (κ3) is 7.49. The zero-order chi connectivity index (χ0) is 14.0. The molecule has 0 saturated carbocycles. The fourth-order valence-electron chi connectivity index (χ4n) is 0.999. The quantitative estimate of drug-likeness (QED) is 0.708. The predicted molar refractivity (Wildman–Crippen MR) is 76.6 cm³/mol. The molecule has 0 N–H and O–H groups in total. The first-order valence-corrected chi connectivity index (χ1v) is 6.22. The number of pyridine rings is 1. The molecule has 0 aliphatic rings. The Morgan fingerprint density at radius 3 is 1.50 bits per heavy atom. The van der Waals surface area contributed by atoms with Crippen LogP contribution in [0.15, 0.2) is 30.7 Å². The number of nitrogens with zero attached hydrogens (tertiary/aromatic N) is 3. The molecule has 18 heavy (non-hydrogen) atoms. The van der Waals surface area contributed by atoms with E-state index in [0.717, 1.165) is 17.1 Å². The van der Waals surface area contributed by atoms with Crippen LogP contribution in [0.1, 0.15) is 36.5 Å². The average molecular weight is 245 g/mol. The topological polar surface area (TPSA) is 38.7 Å². The van der Waals surface area contributed by atoms with Crippen LogP contribution >= 0.6 is 0 Å². The van der Waals surface area contributed by atoms with E-state index in [1.807, 2.05) is 66.2 Å². The van der Waals surface area contributed by atoms with Gasteiger partial charge in [-0.1, -0.05) is 19.9 Å². The van der Waals surface area contributed by atoms with E-state index in [0.29, 0.717) is 0 Å². The zero-order valence-electron chi connectivity index (χ0n) is 12.2. The maximum Gasteiger partial charge on any atom is 0.125 e. The van der Waals surface area contributed by atoms with E-state index in [2.05, 4.69) is 21.0 Å². The summed E-state index contributed by atoms with van der Waals surface area (Å²) >= 11 is 0. The monoisotopic (exact) mass is 245 g/mol. The average Bonchev–Trinajstić information content (AvgIpc) is 2.40. The summed E-state index contributed by atoms with van der Waals surface area (Å²) in [6, 6.07) is 4.07. The van der Waals surface area contributed by atoms with E-state index in [1.165, 1.54) is 5.56 Å². The van der Waals surface area contributed by atoms with E-state index in [4.69, 9.17) is 0 Å². The Balaban J connectivity index is 0.000000283. The van der Waals surface area contributed by atoms with Gasteiger partial charge < -0.3 is 0 Å². The van der Waals surface area contributed by atoms with Gasteiger partial charge in [0.1, 0.15) is 5.82 Å². The van der Waals surface area contributed by atoms with Crippen molar-refractivity contribution in [2.75, 3.05) is 0 Å². The van der Waals surface area contributed by atoms with Crippen molar-refractivity contribution in [3.63, 3.8) is 0 Å². The van der Waals surface area contributed by atoms with Crippen molar-refractivity contribution in [3.05, 3.63) is 53.4 Å². The molecule has 3 nitrogen and oxygen atoms in total. The van der Waals surface area contributed by atoms with Crippen molar-refractivity contribution in [2.24, 2.45) is 0 Å². The molecule has 2 rings (SSSR count). The molecule has 2 aromatic heterocycles. The SMILES string of the molecule is CC.Cc1ccc(C)nc1.Cc1cnc(C)nc1. The van der Waals surface area contributed by atoms with Crippen LogP contribution in [0.5, 0.6) is 0 Å². The van der Waals surface area contributed by atoms with Crippen LogP contribution in [-0.2, 0) is 0 Å². The van der Waals surface area contributed by atoms with E-state index in [1.54, 1.807) is 0 Å². The Morgan fingerprint density at radius 2 is 1.17 bits per heavy atom. The van der Waals surface area contributed by atoms with Crippen LogP contribution in [0.4, 0.5) is 0 Å². The van der Waals surface area contributed by atoms with Crippen molar-refractivity contribution < 1.29 is 0 Å². The van der Waals surface area contributed by atoms with E-state index >= 15 is 0 Å². The van der Waals surface area contributed by atoms with Crippen LogP contribution < -0.4 is 0 Å². The Kier molecular flexibility index (Phi) is 8.37. The largest absolute Gasteiger partial charge is 0.261 e. The Labute approximate surface area is 110 Å². The lowest BCUT2D eigenvalue weighted by Gasteiger charge is -1.89. The summed E-state index contributed by atoms with van der Waals surface area (Å²) in [5.41, 5.74) is 3.40. The lowest BCUT2D eigenvalue weighted by atomic mass is 10.3. The second kappa shape index (κ2) is 9.28. The van der Waals surface area contributed by atoms with Gasteiger partial charge in [0.2, 0.25) is 0 Å². The molecule has 0 bridgehead atoms. The first kappa shape index (κ1) is 16.2. The molecule has 0 aromatic carbocycles. The zero-order valence-corrected chi connectivity index (χ0v) is 12.2. The highest BCUT2D eigenvalue weighted by molar-refractivity contribution is 5.10. The Hall–Kier alpha value is -1.77. The fourth-order valence-corrected chi connectivity index (χ4v) is 0.999. The van der Waals surface area contributed by atoms with Gasteiger partial charge in [0.15, 0.2) is 0 Å². The molecular weight excluding hydrogens is 222 g/mol. The molecule has 98 valence electrons. The standard InChI is InChI=1S/C7H9N.C6H8N2.C2H6/c1-6-3-4-7(2)8-5-6;1-5-3-7-6(2)8-4-5;1-2/h3-5H,1-2H3;3-4H,1-2H3;1-2H3. The van der Waals surface area contributed by atoms with Gasteiger partial charge in [0.05, 0.1) is 0 Å². The molecule has 0 aliphatic carbocycles. The lowest BCUT2D eigenvalue weighted by molar-refractivity contribution is 1.03. The molecule has 0 saturated heterocycles. The molecule has 0 radical (unpaired) electrons. The van der Waals surface area contributed by atoms with Crippen LogP contribution in [-0.4, -0.2) is 15.0 Å². The summed E-state index contributed by atoms with van der Waals surface area (Å²) in [5, 5.41) is 0. The molecule has 0 unspecified atom stereocenters. The van der Waals surface area contributed by atoms with Crippen LogP contribution in [0.2, 0.25) is 0 Å². The number of rotatable bonds is 0. The molecule has 0 atom stereocenters. The molecular formula is C15H23N3. The van der Waals surface area contributed by atoms with E-state index in [-0.39, 0.29) is 0 Å². The van der Waals surface area contributed by atoms with Gasteiger partial charge in [-0.25, -0.2) is 9.97 Å². The minimum Gasteiger partial charge on any atom is -0.261 e. The fraction of sp³-hybridized carbons (Fsp3) is 0.400. The highest BCUT2D eigenvalue weighted by atomic mass is 14.8. The molecule has 2 heterocycles. The molecule has 3 heteroatoms. The smallest absolute Gasteiger partial charge is 0.125 e. The summed E-state index contributed by atoms with van der Waals surface area (Å²) < 4.78 is 0. The van der Waals surface area contributed by atoms with Crippen LogP contribution in [0.25, 0.3) is 0 Å². The predicted octanol–water partition coefficient (Wildman–Crippen LogP) is 3.82. The molecule has 2 aromatic rings. The lowest BCUT2D eigenvalue weighted by Crippen LogP contribution is -1.84. The van der Waals surface area contributed by atoms with Crippen LogP contribution in [0, 0.1) is 27.7 Å². The summed E-state index contributed by atoms with van der Waals surface area (Å²) in [6.45, 7) is 11.9. The highest BCUT2D eigenvalue weighted by Gasteiger charge is 1.82. The summed E-state index contributed by atoms with van der Waals surface area (Å²) in [7, 11) is 0. The maximum absolute atomic E-state index is 4.08. The Bertz CT molecular complexity index is 333. The first-order chi connectivity index (χ1) is 8.58. The van der Waals surface area contributed by atoms with Gasteiger partial charge in [-0.2, -0.15) is 0 Å². The number of hydrogen-bond donors (Lipinski definition) is 0. The van der Waals surface area contributed by atoms with Gasteiger partial charge in [0.25, 0.3) is 0 Å². The van der Waals surface area contributed by atoms with Crippen molar-refractivity contribution >= 4 is 0 Å². The van der Waals surface area contributed by atoms with Crippen molar-refractivity contribution in [2.45, 2.75) is 41.5 Å². The van der Waals surface area contributed by atoms with Gasteiger partial charge >= 0.3 is 0 Å². The molecule has 0 fully saturated rings. The second-order valence-electron chi connectivity index (χ2n) is 3.78. The summed E-state index contributed by atoms with van der Waals surface area (Å²) in [4.78, 5) is 12.0. The molecule has 0 aliphatic heterocycles. The van der Waals surface area contributed by atoms with Gasteiger partial charge in [0, 0.05) is 24.3 Å². The van der Waals surface area contributed by atoms with Crippen LogP contribution in [0.3, 0.4) is 0 Å². The normalized spacial score (nSPS) is 8.56. The van der Waals surface area contributed by atoms with Crippen molar-refractivity contribution in [1.29, 1.82) is 0 Å². The number of hydrogen-bond acceptors (Lipinski definition) is 3. The van der Waals surface area contributed by atoms with E-state index in [9.17, 15) is 0 Å². The third-order valence-corrected chi connectivity index (χ3v) is 1.97. The molecule has 0 spiro atoms.